The van der Waals surface area contributed by atoms with Gasteiger partial charge in [0.2, 0.25) is 0 Å². The molecule has 1 aromatic heterocycles. The maximum atomic E-state index is 13.5. The highest BCUT2D eigenvalue weighted by molar-refractivity contribution is 6.08. The van der Waals surface area contributed by atoms with Crippen molar-refractivity contribution >= 4 is 28.4 Å². The minimum absolute atomic E-state index is 0.0942. The van der Waals surface area contributed by atoms with Gasteiger partial charge in [0.1, 0.15) is 6.04 Å². The van der Waals surface area contributed by atoms with Crippen molar-refractivity contribution in [3.63, 3.8) is 0 Å². The predicted molar refractivity (Wildman–Crippen MR) is 132 cm³/mol. The van der Waals surface area contributed by atoms with E-state index in [4.69, 9.17) is 0 Å². The third-order valence-corrected chi connectivity index (χ3v) is 6.67. The van der Waals surface area contributed by atoms with Crippen LogP contribution < -0.4 is 5.32 Å². The Morgan fingerprint density at radius 3 is 2.42 bits per heavy atom. The number of aryl methyl sites for hydroxylation is 3. The molecule has 166 valence electrons. The van der Waals surface area contributed by atoms with Crippen molar-refractivity contribution in [1.29, 1.82) is 0 Å². The Hall–Kier alpha value is -3.86. The van der Waals surface area contributed by atoms with Gasteiger partial charge in [-0.15, -0.1) is 0 Å². The number of anilines is 1. The summed E-state index contributed by atoms with van der Waals surface area (Å²) in [4.78, 5) is 31.9. The fraction of sp³-hybridized carbons (Fsp3) is 0.214. The zero-order valence-electron chi connectivity index (χ0n) is 19.1. The molecule has 1 atom stereocenters. The van der Waals surface area contributed by atoms with Crippen LogP contribution in [-0.4, -0.2) is 28.2 Å². The van der Waals surface area contributed by atoms with Crippen LogP contribution >= 0.6 is 0 Å². The molecule has 0 fully saturated rings. The fourth-order valence-electron chi connectivity index (χ4n) is 4.90. The monoisotopic (exact) mass is 437 g/mol. The maximum Gasteiger partial charge on any atom is 0.255 e. The van der Waals surface area contributed by atoms with Crippen molar-refractivity contribution < 1.29 is 9.59 Å². The number of carbonyl (C=O) groups excluding carboxylic acids is 2. The Labute approximate surface area is 193 Å². The smallest absolute Gasteiger partial charge is 0.255 e. The molecule has 5 rings (SSSR count). The zero-order chi connectivity index (χ0) is 23.1. The quantitative estimate of drug-likeness (QED) is 0.435. The minimum Gasteiger partial charge on any atom is -0.361 e. The number of carbonyl (C=O) groups is 2. The van der Waals surface area contributed by atoms with Crippen LogP contribution in [0.2, 0.25) is 0 Å². The third kappa shape index (κ3) is 3.59. The number of hydrogen-bond acceptors (Lipinski definition) is 2. The van der Waals surface area contributed by atoms with Crippen LogP contribution in [0, 0.1) is 20.8 Å². The van der Waals surface area contributed by atoms with Gasteiger partial charge in [-0.25, -0.2) is 0 Å². The molecule has 0 aliphatic carbocycles. The van der Waals surface area contributed by atoms with Gasteiger partial charge in [-0.2, -0.15) is 0 Å². The average molecular weight is 438 g/mol. The maximum absolute atomic E-state index is 13.5. The highest BCUT2D eigenvalue weighted by Gasteiger charge is 2.40. The second kappa shape index (κ2) is 8.24. The molecular weight excluding hydrogens is 410 g/mol. The summed E-state index contributed by atoms with van der Waals surface area (Å²) in [6.45, 7) is 6.50. The summed E-state index contributed by atoms with van der Waals surface area (Å²) in [6, 6.07) is 18.9. The van der Waals surface area contributed by atoms with E-state index >= 15 is 0 Å². The lowest BCUT2D eigenvalue weighted by molar-refractivity contribution is -0.120. The Morgan fingerprint density at radius 2 is 1.64 bits per heavy atom. The van der Waals surface area contributed by atoms with Gasteiger partial charge >= 0.3 is 0 Å². The SMILES string of the molecule is Cc1cccc(C)c1NC(=O)C1c2ccccc2C(=O)N1CCc1c[nH]c2c(C)cccc12. The summed E-state index contributed by atoms with van der Waals surface area (Å²) in [5.41, 5.74) is 7.64. The number of para-hydroxylation sites is 2. The van der Waals surface area contributed by atoms with Gasteiger partial charge in [-0.3, -0.25) is 9.59 Å². The van der Waals surface area contributed by atoms with Crippen molar-refractivity contribution in [2.45, 2.75) is 33.2 Å². The topological polar surface area (TPSA) is 65.2 Å². The molecule has 0 spiro atoms. The molecule has 2 N–H and O–H groups in total. The number of benzene rings is 3. The Bertz CT molecular complexity index is 1360. The van der Waals surface area contributed by atoms with Crippen molar-refractivity contribution in [3.05, 3.63) is 100 Å². The van der Waals surface area contributed by atoms with Crippen LogP contribution in [0.5, 0.6) is 0 Å². The van der Waals surface area contributed by atoms with E-state index in [1.165, 1.54) is 5.56 Å². The molecule has 2 heterocycles. The van der Waals surface area contributed by atoms with Crippen LogP contribution in [0.15, 0.2) is 66.9 Å². The number of H-pyrrole nitrogens is 1. The number of nitrogens with one attached hydrogen (secondary N) is 2. The van der Waals surface area contributed by atoms with E-state index in [9.17, 15) is 9.59 Å². The molecule has 1 aliphatic rings. The average Bonchev–Trinajstić information content (AvgIpc) is 3.35. The first kappa shape index (κ1) is 21.0. The van der Waals surface area contributed by atoms with Gasteiger partial charge < -0.3 is 15.2 Å². The molecular formula is C28H27N3O2. The predicted octanol–water partition coefficient (Wildman–Crippen LogP) is 5.47. The Balaban J connectivity index is 1.45. The highest BCUT2D eigenvalue weighted by atomic mass is 16.2. The van der Waals surface area contributed by atoms with Gasteiger partial charge in [-0.1, -0.05) is 54.6 Å². The van der Waals surface area contributed by atoms with Crippen LogP contribution in [0.25, 0.3) is 10.9 Å². The molecule has 0 bridgehead atoms. The second-order valence-electron chi connectivity index (χ2n) is 8.81. The van der Waals surface area contributed by atoms with E-state index < -0.39 is 6.04 Å². The van der Waals surface area contributed by atoms with Crippen LogP contribution in [0.3, 0.4) is 0 Å². The summed E-state index contributed by atoms with van der Waals surface area (Å²) in [5.74, 6) is -0.274. The Morgan fingerprint density at radius 1 is 0.939 bits per heavy atom. The van der Waals surface area contributed by atoms with Crippen LogP contribution in [0.1, 0.15) is 44.2 Å². The van der Waals surface area contributed by atoms with Crippen molar-refractivity contribution in [2.24, 2.45) is 0 Å². The number of fused-ring (bicyclic) bond motifs is 2. The lowest BCUT2D eigenvalue weighted by Gasteiger charge is -2.25. The summed E-state index contributed by atoms with van der Waals surface area (Å²) < 4.78 is 0. The second-order valence-corrected chi connectivity index (χ2v) is 8.81. The van der Waals surface area contributed by atoms with Crippen LogP contribution in [0.4, 0.5) is 5.69 Å². The molecule has 5 heteroatoms. The van der Waals surface area contributed by atoms with Crippen molar-refractivity contribution in [2.75, 3.05) is 11.9 Å². The Kier molecular flexibility index (Phi) is 5.25. The molecule has 0 radical (unpaired) electrons. The number of aromatic nitrogens is 1. The first-order chi connectivity index (χ1) is 16.0. The van der Waals surface area contributed by atoms with Gasteiger partial charge in [0.15, 0.2) is 0 Å². The molecule has 1 aliphatic heterocycles. The van der Waals surface area contributed by atoms with E-state index in [0.29, 0.717) is 18.5 Å². The van der Waals surface area contributed by atoms with E-state index in [0.717, 1.165) is 38.8 Å². The summed E-state index contributed by atoms with van der Waals surface area (Å²) in [7, 11) is 0. The lowest BCUT2D eigenvalue weighted by atomic mass is 10.0. The van der Waals surface area contributed by atoms with Gasteiger partial charge in [0, 0.05) is 34.9 Å². The largest absolute Gasteiger partial charge is 0.361 e. The van der Waals surface area contributed by atoms with E-state index in [1.54, 1.807) is 4.90 Å². The number of amides is 2. The van der Waals surface area contributed by atoms with Gasteiger partial charge in [0.05, 0.1) is 0 Å². The number of aromatic amines is 1. The summed E-state index contributed by atoms with van der Waals surface area (Å²) >= 11 is 0. The highest BCUT2D eigenvalue weighted by Crippen LogP contribution is 2.35. The molecule has 2 amide bonds. The molecule has 4 aromatic rings. The standard InChI is InChI=1S/C28H27N3O2/c1-17-8-6-9-18(2)24(17)30-27(32)26-22-11-4-5-12-23(22)28(33)31(26)15-14-20-16-29-25-19(3)10-7-13-21(20)25/h4-13,16,26,29H,14-15H2,1-3H3,(H,30,32). The zero-order valence-corrected chi connectivity index (χ0v) is 19.1. The normalized spacial score (nSPS) is 15.2. The first-order valence-corrected chi connectivity index (χ1v) is 11.3. The minimum atomic E-state index is -0.653. The van der Waals surface area contributed by atoms with E-state index in [2.05, 4.69) is 29.4 Å². The van der Waals surface area contributed by atoms with Crippen molar-refractivity contribution in [3.8, 4) is 0 Å². The molecule has 5 nitrogen and oxygen atoms in total. The van der Waals surface area contributed by atoms with Gasteiger partial charge in [-0.05, 0) is 61.1 Å². The van der Waals surface area contributed by atoms with Crippen molar-refractivity contribution in [1.82, 2.24) is 9.88 Å². The fourth-order valence-corrected chi connectivity index (χ4v) is 4.90. The summed E-state index contributed by atoms with van der Waals surface area (Å²) in [6.07, 6.45) is 2.67. The number of nitrogens with zero attached hydrogens (tertiary/aromatic N) is 1. The summed E-state index contributed by atoms with van der Waals surface area (Å²) in [5, 5.41) is 4.27. The van der Waals surface area contributed by atoms with Crippen LogP contribution in [-0.2, 0) is 11.2 Å². The molecule has 0 saturated heterocycles. The first-order valence-electron chi connectivity index (χ1n) is 11.3. The molecule has 33 heavy (non-hydrogen) atoms. The number of hydrogen-bond donors (Lipinski definition) is 2. The van der Waals surface area contributed by atoms with E-state index in [1.807, 2.05) is 68.6 Å². The van der Waals surface area contributed by atoms with Gasteiger partial charge in [0.25, 0.3) is 11.8 Å². The number of rotatable bonds is 5. The lowest BCUT2D eigenvalue weighted by Crippen LogP contribution is -2.37. The van der Waals surface area contributed by atoms with E-state index in [-0.39, 0.29) is 11.8 Å². The molecule has 1 unspecified atom stereocenters. The molecule has 0 saturated carbocycles. The molecule has 3 aromatic carbocycles. The third-order valence-electron chi connectivity index (χ3n) is 6.67.